The van der Waals surface area contributed by atoms with E-state index in [1.807, 2.05) is 11.3 Å². The molecule has 10 rings (SSSR count). The van der Waals surface area contributed by atoms with Crippen molar-refractivity contribution in [2.24, 2.45) is 0 Å². The molecule has 338 valence electrons. The predicted molar refractivity (Wildman–Crippen MR) is 291 cm³/mol. The molecule has 0 atom stereocenters. The van der Waals surface area contributed by atoms with Crippen LogP contribution in [0.15, 0.2) is 115 Å². The van der Waals surface area contributed by atoms with Crippen molar-refractivity contribution < 1.29 is 0 Å². The topological polar surface area (TPSA) is 6.48 Å². The summed E-state index contributed by atoms with van der Waals surface area (Å²) in [5.41, 5.74) is 21.4. The largest absolute Gasteiger partial charge is 0.311 e. The Balaban J connectivity index is 1.34. The van der Waals surface area contributed by atoms with Crippen molar-refractivity contribution >= 4 is 78.0 Å². The van der Waals surface area contributed by atoms with Crippen LogP contribution in [0.25, 0.3) is 21.2 Å². The molecule has 4 heteroatoms. The predicted octanol–water partition coefficient (Wildman–Crippen LogP) is 16.2. The Bertz CT molecular complexity index is 3080. The maximum Gasteiger partial charge on any atom is 0.264 e. The standard InChI is InChI=1S/C62H71BN2S/c1-57(2,3)39-23-21-38(22-24-39)45-33-40(58(4,5)6)25-29-49(45)65-50-30-26-41(59(7,8)9)34-48(50)63-54-51(35-42(36-52(54)65)60(10,11)12)64(55-44-19-17-18-20-53(44)66-56(55)63)43-27-28-46-47(37-43)62(15,16)32-31-61(46,13)14/h17-30,33-37H,31-32H2,1-16H3. The molecule has 2 nitrogen and oxygen atoms in total. The van der Waals surface area contributed by atoms with Gasteiger partial charge in [-0.15, -0.1) is 11.3 Å². The minimum Gasteiger partial charge on any atom is -0.311 e. The van der Waals surface area contributed by atoms with Crippen molar-refractivity contribution in [3.63, 3.8) is 0 Å². The molecule has 0 saturated heterocycles. The van der Waals surface area contributed by atoms with Crippen LogP contribution in [0.3, 0.4) is 0 Å². The van der Waals surface area contributed by atoms with E-state index in [-0.39, 0.29) is 39.2 Å². The average molecular weight is 887 g/mol. The third kappa shape index (κ3) is 7.19. The molecule has 6 aromatic carbocycles. The van der Waals surface area contributed by atoms with Crippen molar-refractivity contribution in [1.82, 2.24) is 0 Å². The van der Waals surface area contributed by atoms with Gasteiger partial charge in [-0.3, -0.25) is 0 Å². The van der Waals surface area contributed by atoms with E-state index in [1.54, 1.807) is 0 Å². The van der Waals surface area contributed by atoms with Crippen LogP contribution in [-0.4, -0.2) is 6.71 Å². The van der Waals surface area contributed by atoms with Crippen molar-refractivity contribution in [2.75, 3.05) is 9.80 Å². The zero-order valence-corrected chi connectivity index (χ0v) is 43.6. The van der Waals surface area contributed by atoms with E-state index in [4.69, 9.17) is 0 Å². The van der Waals surface area contributed by atoms with E-state index in [9.17, 15) is 0 Å². The fourth-order valence-corrected chi connectivity index (χ4v) is 12.5. The summed E-state index contributed by atoms with van der Waals surface area (Å²) in [6.45, 7) is 38.1. The van der Waals surface area contributed by atoms with E-state index in [0.717, 1.165) is 0 Å². The average Bonchev–Trinajstić information content (AvgIpc) is 3.62. The van der Waals surface area contributed by atoms with Gasteiger partial charge in [-0.2, -0.15) is 0 Å². The first-order valence-electron chi connectivity index (χ1n) is 24.6. The van der Waals surface area contributed by atoms with E-state index in [0.29, 0.717) is 0 Å². The van der Waals surface area contributed by atoms with Gasteiger partial charge >= 0.3 is 0 Å². The molecule has 2 aliphatic heterocycles. The van der Waals surface area contributed by atoms with Crippen LogP contribution in [0.1, 0.15) is 157 Å². The molecule has 3 aliphatic rings. The molecule has 0 fully saturated rings. The third-order valence-corrected chi connectivity index (χ3v) is 16.8. The number of anilines is 6. The molecule has 0 spiro atoms. The highest BCUT2D eigenvalue weighted by Crippen LogP contribution is 2.53. The minimum atomic E-state index is -0.116. The number of benzene rings is 6. The van der Waals surface area contributed by atoms with Crippen LogP contribution >= 0.6 is 11.3 Å². The highest BCUT2D eigenvalue weighted by Gasteiger charge is 2.47. The number of fused-ring (bicyclic) bond motifs is 7. The van der Waals surface area contributed by atoms with Crippen LogP contribution in [-0.2, 0) is 32.5 Å². The molecule has 0 saturated carbocycles. The Morgan fingerprint density at radius 3 is 1.65 bits per heavy atom. The number of thiophene rings is 1. The molecule has 0 N–H and O–H groups in total. The first-order chi connectivity index (χ1) is 30.7. The summed E-state index contributed by atoms with van der Waals surface area (Å²) in [5, 5.41) is 1.33. The normalized spacial score (nSPS) is 16.5. The van der Waals surface area contributed by atoms with Crippen LogP contribution in [0.5, 0.6) is 0 Å². The van der Waals surface area contributed by atoms with Crippen LogP contribution in [0.2, 0.25) is 0 Å². The Hall–Kier alpha value is -5.06. The van der Waals surface area contributed by atoms with Gasteiger partial charge in [-0.1, -0.05) is 178 Å². The van der Waals surface area contributed by atoms with Crippen molar-refractivity contribution in [3.05, 3.63) is 149 Å². The summed E-state index contributed by atoms with van der Waals surface area (Å²) in [6.07, 6.45) is 2.38. The Labute approximate surface area is 401 Å². The molecule has 7 aromatic rings. The quantitative estimate of drug-likeness (QED) is 0.163. The van der Waals surface area contributed by atoms with Crippen LogP contribution < -0.4 is 25.5 Å². The first kappa shape index (κ1) is 44.8. The van der Waals surface area contributed by atoms with E-state index in [1.165, 1.54) is 117 Å². The Morgan fingerprint density at radius 1 is 0.485 bits per heavy atom. The maximum atomic E-state index is 2.70. The highest BCUT2D eigenvalue weighted by molar-refractivity contribution is 7.33. The second-order valence-corrected chi connectivity index (χ2v) is 26.5. The van der Waals surface area contributed by atoms with Gasteiger partial charge < -0.3 is 9.80 Å². The Morgan fingerprint density at radius 2 is 1.03 bits per heavy atom. The van der Waals surface area contributed by atoms with E-state index >= 15 is 0 Å². The molecule has 3 heterocycles. The fraction of sp³-hybridized carbons (Fsp3) is 0.387. The van der Waals surface area contributed by atoms with Crippen molar-refractivity contribution in [2.45, 2.75) is 156 Å². The molecule has 0 radical (unpaired) electrons. The molecule has 1 aliphatic carbocycles. The van der Waals surface area contributed by atoms with E-state index < -0.39 is 0 Å². The van der Waals surface area contributed by atoms with Gasteiger partial charge in [0.25, 0.3) is 6.71 Å². The third-order valence-electron chi connectivity index (χ3n) is 15.6. The van der Waals surface area contributed by atoms with Gasteiger partial charge in [-0.25, -0.2) is 0 Å². The molecule has 66 heavy (non-hydrogen) atoms. The van der Waals surface area contributed by atoms with Gasteiger partial charge in [0.15, 0.2) is 0 Å². The molecule has 0 unspecified atom stereocenters. The van der Waals surface area contributed by atoms with Gasteiger partial charge in [0.1, 0.15) is 0 Å². The van der Waals surface area contributed by atoms with Gasteiger partial charge in [0.05, 0.1) is 11.4 Å². The van der Waals surface area contributed by atoms with Gasteiger partial charge in [0.2, 0.25) is 0 Å². The molecule has 0 amide bonds. The summed E-state index contributed by atoms with van der Waals surface area (Å²) in [5.74, 6) is 0. The number of nitrogens with zero attached hydrogens (tertiary/aromatic N) is 2. The second-order valence-electron chi connectivity index (χ2n) is 25.4. The maximum absolute atomic E-state index is 2.70. The van der Waals surface area contributed by atoms with Crippen molar-refractivity contribution in [3.8, 4) is 11.1 Å². The summed E-state index contributed by atoms with van der Waals surface area (Å²) in [6, 6.07) is 46.0. The van der Waals surface area contributed by atoms with Gasteiger partial charge in [-0.05, 0) is 144 Å². The second kappa shape index (κ2) is 14.7. The van der Waals surface area contributed by atoms with Crippen LogP contribution in [0, 0.1) is 0 Å². The van der Waals surface area contributed by atoms with Crippen LogP contribution in [0.4, 0.5) is 34.1 Å². The zero-order chi connectivity index (χ0) is 47.3. The smallest absolute Gasteiger partial charge is 0.264 e. The summed E-state index contributed by atoms with van der Waals surface area (Å²) in [4.78, 5) is 5.36. The first-order valence-corrected chi connectivity index (χ1v) is 25.4. The summed E-state index contributed by atoms with van der Waals surface area (Å²) in [7, 11) is 0. The zero-order valence-electron chi connectivity index (χ0n) is 42.8. The molecular formula is C62H71BN2S. The lowest BCUT2D eigenvalue weighted by Crippen LogP contribution is -2.60. The lowest BCUT2D eigenvalue weighted by atomic mass is 9.36. The summed E-state index contributed by atoms with van der Waals surface area (Å²) >= 11 is 2.00. The fourth-order valence-electron chi connectivity index (χ4n) is 11.2. The number of rotatable bonds is 3. The minimum absolute atomic E-state index is 0.0206. The number of hydrogen-bond donors (Lipinski definition) is 0. The molecular weight excluding hydrogens is 816 g/mol. The summed E-state index contributed by atoms with van der Waals surface area (Å²) < 4.78 is 2.77. The molecule has 0 bridgehead atoms. The lowest BCUT2D eigenvalue weighted by molar-refractivity contribution is 0.332. The number of hydrogen-bond acceptors (Lipinski definition) is 3. The van der Waals surface area contributed by atoms with Gasteiger partial charge in [0, 0.05) is 43.2 Å². The SMILES string of the molecule is CC(C)(C)c1ccc(-c2cc(C(C)(C)C)ccc2N2c3ccc(C(C)(C)C)cc3B3c4sc5ccccc5c4N(c4ccc5c(c4)C(C)(C)CCC5(C)C)c4cc(C(C)(C)C)cc2c43)cc1. The monoisotopic (exact) mass is 887 g/mol. The molecule has 1 aromatic heterocycles. The highest BCUT2D eigenvalue weighted by atomic mass is 32.1. The lowest BCUT2D eigenvalue weighted by Gasteiger charge is -2.46. The Kier molecular flexibility index (Phi) is 9.98. The van der Waals surface area contributed by atoms with E-state index in [2.05, 4.69) is 236 Å². The van der Waals surface area contributed by atoms with Crippen molar-refractivity contribution in [1.29, 1.82) is 0 Å².